The summed E-state index contributed by atoms with van der Waals surface area (Å²) in [5.74, 6) is 2.33. The monoisotopic (exact) mass is 382 g/mol. The molecule has 0 bridgehead atoms. The minimum absolute atomic E-state index is 0.249. The molecule has 3 aliphatic heterocycles. The number of quaternary nitrogens is 1. The van der Waals surface area contributed by atoms with Crippen molar-refractivity contribution in [1.29, 1.82) is 0 Å². The maximum atomic E-state index is 10.9. The molecule has 2 aromatic rings. The van der Waals surface area contributed by atoms with Crippen molar-refractivity contribution in [2.45, 2.75) is 37.8 Å². The second-order valence-corrected chi connectivity index (χ2v) is 8.29. The van der Waals surface area contributed by atoms with Gasteiger partial charge in [0.2, 0.25) is 12.5 Å². The quantitative estimate of drug-likeness (QED) is 0.616. The van der Waals surface area contributed by atoms with E-state index in [9.17, 15) is 5.11 Å². The molecular weight excluding hydrogens is 354 g/mol. The average molecular weight is 382 g/mol. The van der Waals surface area contributed by atoms with Gasteiger partial charge in [0, 0.05) is 12.8 Å². The zero-order chi connectivity index (χ0) is 19.1. The molecule has 28 heavy (non-hydrogen) atoms. The van der Waals surface area contributed by atoms with Crippen LogP contribution in [0.2, 0.25) is 0 Å². The van der Waals surface area contributed by atoms with E-state index in [-0.39, 0.29) is 18.9 Å². The van der Waals surface area contributed by atoms with E-state index >= 15 is 0 Å². The summed E-state index contributed by atoms with van der Waals surface area (Å²) in [5.41, 5.74) is 3.80. The fourth-order valence-electron chi connectivity index (χ4n) is 4.98. The van der Waals surface area contributed by atoms with Crippen molar-refractivity contribution in [3.8, 4) is 17.2 Å². The van der Waals surface area contributed by atoms with Crippen LogP contribution >= 0.6 is 0 Å². The molecule has 2 atom stereocenters. The molecule has 2 unspecified atom stereocenters. The highest BCUT2D eigenvalue weighted by atomic mass is 16.7. The molecule has 1 saturated heterocycles. The molecule has 0 saturated carbocycles. The summed E-state index contributed by atoms with van der Waals surface area (Å²) in [7, 11) is 1.71. The van der Waals surface area contributed by atoms with Crippen molar-refractivity contribution >= 4 is 0 Å². The number of methoxy groups -OCH3 is 1. The molecule has 0 amide bonds. The second kappa shape index (κ2) is 6.98. The summed E-state index contributed by atoms with van der Waals surface area (Å²) in [6.07, 6.45) is 3.14. The number of rotatable bonds is 6. The Labute approximate surface area is 166 Å². The van der Waals surface area contributed by atoms with Gasteiger partial charge in [-0.1, -0.05) is 30.3 Å². The van der Waals surface area contributed by atoms with Crippen LogP contribution in [0.15, 0.2) is 36.4 Å². The van der Waals surface area contributed by atoms with Crippen molar-refractivity contribution in [1.82, 2.24) is 0 Å². The molecule has 5 heteroatoms. The summed E-state index contributed by atoms with van der Waals surface area (Å²) >= 11 is 0. The minimum atomic E-state index is -0.332. The third-order valence-electron chi connectivity index (χ3n) is 6.67. The van der Waals surface area contributed by atoms with Crippen molar-refractivity contribution in [2.24, 2.45) is 0 Å². The van der Waals surface area contributed by atoms with E-state index in [0.29, 0.717) is 0 Å². The summed E-state index contributed by atoms with van der Waals surface area (Å²) < 4.78 is 18.2. The van der Waals surface area contributed by atoms with Gasteiger partial charge >= 0.3 is 0 Å². The first-order valence-corrected chi connectivity index (χ1v) is 10.3. The Morgan fingerprint density at radius 1 is 1.18 bits per heavy atom. The molecule has 1 N–H and O–H groups in total. The van der Waals surface area contributed by atoms with E-state index in [1.165, 1.54) is 29.8 Å². The minimum Gasteiger partial charge on any atom is -0.492 e. The van der Waals surface area contributed by atoms with Crippen LogP contribution in [0.4, 0.5) is 0 Å². The molecule has 3 heterocycles. The van der Waals surface area contributed by atoms with Crippen LogP contribution < -0.4 is 14.2 Å². The molecule has 2 aromatic carbocycles. The number of aliphatic hydroxyl groups is 1. The topological polar surface area (TPSA) is 47.9 Å². The predicted molar refractivity (Wildman–Crippen MR) is 106 cm³/mol. The van der Waals surface area contributed by atoms with E-state index in [4.69, 9.17) is 14.2 Å². The van der Waals surface area contributed by atoms with Crippen molar-refractivity contribution in [3.63, 3.8) is 0 Å². The van der Waals surface area contributed by atoms with Gasteiger partial charge in [-0.2, -0.15) is 0 Å². The van der Waals surface area contributed by atoms with Gasteiger partial charge in [0.1, 0.15) is 19.1 Å². The van der Waals surface area contributed by atoms with Crippen molar-refractivity contribution in [2.75, 3.05) is 33.5 Å². The molecule has 0 aromatic heterocycles. The third-order valence-corrected chi connectivity index (χ3v) is 6.67. The number of aryl methyl sites for hydroxylation is 1. The summed E-state index contributed by atoms with van der Waals surface area (Å²) in [4.78, 5) is 0. The lowest BCUT2D eigenvalue weighted by Crippen LogP contribution is -2.40. The van der Waals surface area contributed by atoms with E-state index in [1.54, 1.807) is 7.11 Å². The first kappa shape index (κ1) is 17.8. The molecule has 0 aliphatic carbocycles. The molecule has 5 nitrogen and oxygen atoms in total. The number of benzene rings is 2. The fraction of sp³-hybridized carbons (Fsp3) is 0.478. The standard InChI is InChI=1S/C23H28NO4/c1-26-23-21-17(13-20-22(23)28-15-27-20)9-10-24(11-12-24)19(21)14-18(25)8-7-16-5-3-2-4-6-16/h2-6,13,18-19,25H,7-12,14-15H2,1H3/q+1. The van der Waals surface area contributed by atoms with Gasteiger partial charge in [-0.25, -0.2) is 0 Å². The zero-order valence-corrected chi connectivity index (χ0v) is 16.4. The maximum Gasteiger partial charge on any atom is 0.231 e. The SMILES string of the molecule is COc1c2c(cc3c1C(CC(O)CCc1ccccc1)[N+]1(CC3)CC1)OCO2. The molecule has 1 spiro atoms. The normalized spacial score (nSPS) is 22.0. The lowest BCUT2D eigenvalue weighted by atomic mass is 9.86. The number of hydrogen-bond acceptors (Lipinski definition) is 4. The Kier molecular flexibility index (Phi) is 4.44. The van der Waals surface area contributed by atoms with Gasteiger partial charge < -0.3 is 23.8 Å². The number of ether oxygens (including phenoxy) is 3. The highest BCUT2D eigenvalue weighted by Crippen LogP contribution is 2.54. The maximum absolute atomic E-state index is 10.9. The second-order valence-electron chi connectivity index (χ2n) is 8.29. The zero-order valence-electron chi connectivity index (χ0n) is 16.4. The van der Waals surface area contributed by atoms with E-state index < -0.39 is 0 Å². The number of hydrogen-bond donors (Lipinski definition) is 1. The van der Waals surface area contributed by atoms with Gasteiger partial charge in [0.25, 0.3) is 0 Å². The average Bonchev–Trinajstić information content (AvgIpc) is 3.35. The molecular formula is C23H28NO4+. The Bertz CT molecular complexity index is 863. The predicted octanol–water partition coefficient (Wildman–Crippen LogP) is 3.24. The molecule has 1 fully saturated rings. The highest BCUT2D eigenvalue weighted by Gasteiger charge is 2.54. The lowest BCUT2D eigenvalue weighted by molar-refractivity contribution is -0.837. The van der Waals surface area contributed by atoms with Gasteiger partial charge in [-0.05, 0) is 30.0 Å². The summed E-state index contributed by atoms with van der Waals surface area (Å²) in [5, 5.41) is 10.9. The van der Waals surface area contributed by atoms with E-state index in [0.717, 1.165) is 54.0 Å². The van der Waals surface area contributed by atoms with Crippen LogP contribution in [0.1, 0.15) is 35.6 Å². The van der Waals surface area contributed by atoms with Gasteiger partial charge in [0.15, 0.2) is 11.5 Å². The summed E-state index contributed by atoms with van der Waals surface area (Å²) in [6, 6.07) is 12.8. The summed E-state index contributed by atoms with van der Waals surface area (Å²) in [6.45, 7) is 3.76. The Morgan fingerprint density at radius 2 is 2.00 bits per heavy atom. The van der Waals surface area contributed by atoms with Crippen LogP contribution in [-0.4, -0.2) is 49.2 Å². The van der Waals surface area contributed by atoms with Crippen molar-refractivity contribution < 1.29 is 23.8 Å². The molecule has 3 aliphatic rings. The fourth-order valence-corrected chi connectivity index (χ4v) is 4.98. The van der Waals surface area contributed by atoms with Crippen LogP contribution in [0.25, 0.3) is 0 Å². The third kappa shape index (κ3) is 3.03. The first-order valence-electron chi connectivity index (χ1n) is 10.3. The van der Waals surface area contributed by atoms with Crippen LogP contribution in [0.3, 0.4) is 0 Å². The smallest absolute Gasteiger partial charge is 0.231 e. The largest absolute Gasteiger partial charge is 0.492 e. The van der Waals surface area contributed by atoms with Crippen LogP contribution in [-0.2, 0) is 12.8 Å². The number of aliphatic hydroxyl groups excluding tert-OH is 1. The van der Waals surface area contributed by atoms with E-state index in [1.807, 2.05) is 6.07 Å². The number of nitrogens with zero attached hydrogens (tertiary/aromatic N) is 1. The number of fused-ring (bicyclic) bond motifs is 2. The van der Waals surface area contributed by atoms with Gasteiger partial charge in [0.05, 0.1) is 25.3 Å². The lowest BCUT2D eigenvalue weighted by Gasteiger charge is -2.37. The van der Waals surface area contributed by atoms with Gasteiger partial charge in [-0.3, -0.25) is 0 Å². The van der Waals surface area contributed by atoms with Crippen molar-refractivity contribution in [3.05, 3.63) is 53.1 Å². The van der Waals surface area contributed by atoms with E-state index in [2.05, 4.69) is 30.3 Å². The Morgan fingerprint density at radius 3 is 2.75 bits per heavy atom. The molecule has 0 radical (unpaired) electrons. The van der Waals surface area contributed by atoms with Crippen LogP contribution in [0.5, 0.6) is 17.2 Å². The van der Waals surface area contributed by atoms with Crippen LogP contribution in [0, 0.1) is 0 Å². The highest BCUT2D eigenvalue weighted by molar-refractivity contribution is 5.61. The molecule has 5 rings (SSSR count). The van der Waals surface area contributed by atoms with Gasteiger partial charge in [-0.15, -0.1) is 0 Å². The Balaban J connectivity index is 1.41. The Hall–Kier alpha value is -2.24. The molecule has 148 valence electrons. The first-order chi connectivity index (χ1) is 13.7.